The number of benzene rings is 1. The number of carbonyl (C=O) groups is 1. The summed E-state index contributed by atoms with van der Waals surface area (Å²) >= 11 is 8.99. The third-order valence-electron chi connectivity index (χ3n) is 2.84. The fraction of sp³-hybridized carbons (Fsp3) is 0.385. The van der Waals surface area contributed by atoms with Gasteiger partial charge in [0.1, 0.15) is 0 Å². The number of carboxylic acid groups (broad SMARTS) is 1. The highest BCUT2D eigenvalue weighted by Crippen LogP contribution is 2.27. The van der Waals surface area contributed by atoms with Gasteiger partial charge < -0.3 is 9.67 Å². The molecular formula is C13H15ClN2O2S2. The van der Waals surface area contributed by atoms with Crippen LogP contribution in [0.25, 0.3) is 11.0 Å². The number of imidazole rings is 1. The number of carboxylic acids is 1. The maximum absolute atomic E-state index is 10.7. The highest BCUT2D eigenvalue weighted by atomic mass is 35.5. The van der Waals surface area contributed by atoms with Crippen molar-refractivity contribution in [1.29, 1.82) is 0 Å². The van der Waals surface area contributed by atoms with Crippen molar-refractivity contribution in [3.8, 4) is 0 Å². The summed E-state index contributed by atoms with van der Waals surface area (Å²) in [4.78, 5) is 15.3. The van der Waals surface area contributed by atoms with Gasteiger partial charge in [0.15, 0.2) is 5.16 Å². The van der Waals surface area contributed by atoms with Crippen LogP contribution >= 0.6 is 35.1 Å². The molecule has 1 aromatic heterocycles. The molecule has 108 valence electrons. The highest BCUT2D eigenvalue weighted by molar-refractivity contribution is 7.99. The molecule has 0 spiro atoms. The summed E-state index contributed by atoms with van der Waals surface area (Å²) in [6.07, 6.45) is 2.06. The molecule has 20 heavy (non-hydrogen) atoms. The quantitative estimate of drug-likeness (QED) is 0.820. The van der Waals surface area contributed by atoms with Crippen LogP contribution < -0.4 is 0 Å². The van der Waals surface area contributed by atoms with Crippen LogP contribution in [0.5, 0.6) is 0 Å². The van der Waals surface area contributed by atoms with Crippen LogP contribution in [0.15, 0.2) is 23.4 Å². The number of hydrogen-bond acceptors (Lipinski definition) is 4. The van der Waals surface area contributed by atoms with Crippen molar-refractivity contribution in [3.63, 3.8) is 0 Å². The average Bonchev–Trinajstić information content (AvgIpc) is 2.73. The van der Waals surface area contributed by atoms with Crippen molar-refractivity contribution in [1.82, 2.24) is 9.55 Å². The van der Waals surface area contributed by atoms with Crippen molar-refractivity contribution in [2.45, 2.75) is 23.9 Å². The Labute approximate surface area is 130 Å². The number of rotatable bonds is 6. The fourth-order valence-electron chi connectivity index (χ4n) is 1.83. The van der Waals surface area contributed by atoms with Gasteiger partial charge in [-0.25, -0.2) is 4.98 Å². The van der Waals surface area contributed by atoms with Gasteiger partial charge in [-0.05, 0) is 24.5 Å². The molecule has 0 saturated heterocycles. The molecule has 0 saturated carbocycles. The maximum Gasteiger partial charge on any atom is 0.313 e. The van der Waals surface area contributed by atoms with Gasteiger partial charge in [0.25, 0.3) is 0 Å². The largest absolute Gasteiger partial charge is 0.481 e. The van der Waals surface area contributed by atoms with E-state index in [0.717, 1.165) is 22.7 Å². The average molecular weight is 331 g/mol. The van der Waals surface area contributed by atoms with E-state index in [1.165, 1.54) is 11.8 Å². The Balaban J connectivity index is 2.41. The van der Waals surface area contributed by atoms with E-state index in [-0.39, 0.29) is 5.75 Å². The van der Waals surface area contributed by atoms with Gasteiger partial charge in [-0.2, -0.15) is 11.8 Å². The number of halogens is 1. The Morgan fingerprint density at radius 2 is 2.30 bits per heavy atom. The maximum atomic E-state index is 10.7. The van der Waals surface area contributed by atoms with E-state index in [1.807, 2.05) is 18.2 Å². The first-order chi connectivity index (χ1) is 9.51. The van der Waals surface area contributed by atoms with Crippen LogP contribution in [0, 0.1) is 0 Å². The second-order valence-electron chi connectivity index (χ2n) is 4.37. The Kier molecular flexibility index (Phi) is 5.23. The highest BCUT2D eigenvalue weighted by Gasteiger charge is 2.15. The van der Waals surface area contributed by atoms with E-state index < -0.39 is 5.97 Å². The summed E-state index contributed by atoms with van der Waals surface area (Å²) < 4.78 is 2.07. The number of aromatic nitrogens is 2. The molecule has 2 aromatic rings. The third kappa shape index (κ3) is 3.62. The zero-order valence-corrected chi connectivity index (χ0v) is 13.6. The van der Waals surface area contributed by atoms with Crippen LogP contribution in [0.1, 0.15) is 6.92 Å². The second kappa shape index (κ2) is 6.74. The van der Waals surface area contributed by atoms with E-state index in [9.17, 15) is 4.79 Å². The first-order valence-electron chi connectivity index (χ1n) is 6.04. The predicted octanol–water partition coefficient (Wildman–Crippen LogP) is 3.62. The number of aliphatic carboxylic acids is 1. The van der Waals surface area contributed by atoms with Crippen molar-refractivity contribution < 1.29 is 9.90 Å². The van der Waals surface area contributed by atoms with Crippen LogP contribution in [0.2, 0.25) is 5.02 Å². The molecule has 1 heterocycles. The van der Waals surface area contributed by atoms with E-state index in [0.29, 0.717) is 10.3 Å². The van der Waals surface area contributed by atoms with Gasteiger partial charge in [0, 0.05) is 16.8 Å². The van der Waals surface area contributed by atoms with Crippen molar-refractivity contribution in [2.75, 3.05) is 12.0 Å². The van der Waals surface area contributed by atoms with Gasteiger partial charge in [0.2, 0.25) is 0 Å². The standard InChI is InChI=1S/C13H15ClN2O2S2/c1-8(19-2)6-16-11-4-3-9(14)5-10(11)15-13(16)20-7-12(17)18/h3-5,8H,6-7H2,1-2H3,(H,17,18). The summed E-state index contributed by atoms with van der Waals surface area (Å²) in [5.41, 5.74) is 1.79. The number of nitrogens with zero attached hydrogens (tertiary/aromatic N) is 2. The van der Waals surface area contributed by atoms with E-state index in [1.54, 1.807) is 11.8 Å². The van der Waals surface area contributed by atoms with Gasteiger partial charge in [0.05, 0.1) is 16.8 Å². The van der Waals surface area contributed by atoms with Crippen LogP contribution in [0.4, 0.5) is 0 Å². The van der Waals surface area contributed by atoms with Gasteiger partial charge in [-0.3, -0.25) is 4.79 Å². The molecule has 0 aliphatic heterocycles. The number of thioether (sulfide) groups is 2. The van der Waals surface area contributed by atoms with Crippen molar-refractivity contribution in [2.24, 2.45) is 0 Å². The van der Waals surface area contributed by atoms with Gasteiger partial charge in [-0.1, -0.05) is 30.3 Å². The molecule has 0 fully saturated rings. The molecule has 2 rings (SSSR count). The lowest BCUT2D eigenvalue weighted by molar-refractivity contribution is -0.133. The summed E-state index contributed by atoms with van der Waals surface area (Å²) in [5, 5.41) is 10.6. The van der Waals surface area contributed by atoms with E-state index in [4.69, 9.17) is 16.7 Å². The SMILES string of the molecule is CSC(C)Cn1c(SCC(=O)O)nc2cc(Cl)ccc21. The van der Waals surface area contributed by atoms with E-state index >= 15 is 0 Å². The zero-order valence-electron chi connectivity index (χ0n) is 11.2. The summed E-state index contributed by atoms with van der Waals surface area (Å²) in [5.74, 6) is -0.838. The Bertz CT molecular complexity index is 630. The molecule has 1 atom stereocenters. The molecule has 1 N–H and O–H groups in total. The Hall–Kier alpha value is -0.850. The van der Waals surface area contributed by atoms with Crippen LogP contribution in [0.3, 0.4) is 0 Å². The Morgan fingerprint density at radius 3 is 2.95 bits per heavy atom. The first kappa shape index (κ1) is 15.5. The summed E-state index contributed by atoms with van der Waals surface area (Å²) in [6.45, 7) is 2.93. The Morgan fingerprint density at radius 1 is 1.55 bits per heavy atom. The molecule has 0 aliphatic rings. The molecule has 1 aromatic carbocycles. The minimum atomic E-state index is -0.843. The third-order valence-corrected chi connectivity index (χ3v) is 4.99. The lowest BCUT2D eigenvalue weighted by atomic mass is 10.3. The molecule has 4 nitrogen and oxygen atoms in total. The van der Waals surface area contributed by atoms with Gasteiger partial charge in [-0.15, -0.1) is 0 Å². The van der Waals surface area contributed by atoms with E-state index in [2.05, 4.69) is 22.7 Å². The normalized spacial score (nSPS) is 12.8. The lowest BCUT2D eigenvalue weighted by Gasteiger charge is -2.12. The zero-order chi connectivity index (χ0) is 14.7. The van der Waals surface area contributed by atoms with Crippen LogP contribution in [-0.2, 0) is 11.3 Å². The monoisotopic (exact) mass is 330 g/mol. The molecule has 7 heteroatoms. The molecule has 1 unspecified atom stereocenters. The second-order valence-corrected chi connectivity index (χ2v) is 7.02. The molecule has 0 bridgehead atoms. The van der Waals surface area contributed by atoms with Crippen molar-refractivity contribution in [3.05, 3.63) is 23.2 Å². The molecule has 0 amide bonds. The lowest BCUT2D eigenvalue weighted by Crippen LogP contribution is -2.10. The first-order valence-corrected chi connectivity index (χ1v) is 8.69. The van der Waals surface area contributed by atoms with Crippen molar-refractivity contribution >= 4 is 52.1 Å². The minimum absolute atomic E-state index is 0.00467. The van der Waals surface area contributed by atoms with Gasteiger partial charge >= 0.3 is 5.97 Å². The number of fused-ring (bicyclic) bond motifs is 1. The smallest absolute Gasteiger partial charge is 0.313 e. The topological polar surface area (TPSA) is 55.1 Å². The summed E-state index contributed by atoms with van der Waals surface area (Å²) in [7, 11) is 0. The molecular weight excluding hydrogens is 316 g/mol. The number of hydrogen-bond donors (Lipinski definition) is 1. The fourth-order valence-corrected chi connectivity index (χ4v) is 3.03. The predicted molar refractivity (Wildman–Crippen MR) is 86.1 cm³/mol. The van der Waals surface area contributed by atoms with Crippen LogP contribution in [-0.4, -0.2) is 37.9 Å². The molecule has 0 aliphatic carbocycles. The molecule has 0 radical (unpaired) electrons. The minimum Gasteiger partial charge on any atom is -0.481 e. The summed E-state index contributed by atoms with van der Waals surface area (Å²) in [6, 6.07) is 5.57.